The number of likely N-dealkylation sites (tertiary alicyclic amines) is 2. The van der Waals surface area contributed by atoms with Crippen molar-refractivity contribution in [3.63, 3.8) is 0 Å². The molecule has 11 heteroatoms. The second-order valence-corrected chi connectivity index (χ2v) is 9.32. The number of benzene rings is 1. The van der Waals surface area contributed by atoms with Crippen LogP contribution in [0.2, 0.25) is 0 Å². The van der Waals surface area contributed by atoms with Gasteiger partial charge in [-0.3, -0.25) is 9.69 Å². The molecule has 1 aromatic carbocycles. The molecule has 0 saturated carbocycles. The van der Waals surface area contributed by atoms with E-state index in [4.69, 9.17) is 10.5 Å². The average Bonchev–Trinajstić information content (AvgIpc) is 3.26. The second-order valence-electron chi connectivity index (χ2n) is 8.40. The molecule has 0 radical (unpaired) electrons. The highest BCUT2D eigenvalue weighted by atomic mass is 79.9. The van der Waals surface area contributed by atoms with E-state index in [1.807, 2.05) is 4.90 Å². The summed E-state index contributed by atoms with van der Waals surface area (Å²) in [6.07, 6.45) is 3.88. The number of carbonyl (C=O) groups is 1. The molecule has 0 aliphatic carbocycles. The summed E-state index contributed by atoms with van der Waals surface area (Å²) in [5, 5.41) is 3.26. The third kappa shape index (κ3) is 6.29. The van der Waals surface area contributed by atoms with E-state index in [9.17, 15) is 13.6 Å². The van der Waals surface area contributed by atoms with Gasteiger partial charge in [-0.15, -0.1) is 0 Å². The van der Waals surface area contributed by atoms with Gasteiger partial charge in [0.1, 0.15) is 12.4 Å². The van der Waals surface area contributed by atoms with Gasteiger partial charge in [0.25, 0.3) is 11.8 Å². The smallest absolute Gasteiger partial charge is 0.254 e. The van der Waals surface area contributed by atoms with E-state index in [2.05, 4.69) is 31.2 Å². The third-order valence-corrected chi connectivity index (χ3v) is 6.35. The number of nitrogens with one attached hydrogen (secondary N) is 1. The largest absolute Gasteiger partial charge is 0.490 e. The van der Waals surface area contributed by atoms with Gasteiger partial charge in [-0.25, -0.2) is 18.7 Å². The predicted molar refractivity (Wildman–Crippen MR) is 125 cm³/mol. The van der Waals surface area contributed by atoms with Crippen molar-refractivity contribution in [3.05, 3.63) is 40.6 Å². The highest BCUT2D eigenvalue weighted by Crippen LogP contribution is 2.28. The number of carbonyl (C=O) groups excluding carboxylic acids is 1. The first-order valence-electron chi connectivity index (χ1n) is 10.9. The van der Waals surface area contributed by atoms with Gasteiger partial charge in [-0.1, -0.05) is 0 Å². The van der Waals surface area contributed by atoms with Gasteiger partial charge in [0.15, 0.2) is 0 Å². The van der Waals surface area contributed by atoms with E-state index in [0.717, 1.165) is 10.9 Å². The number of hydrogen-bond acceptors (Lipinski definition) is 7. The lowest BCUT2D eigenvalue weighted by Gasteiger charge is -2.31. The number of piperidine rings is 1. The fourth-order valence-corrected chi connectivity index (χ4v) is 4.20. The number of nitrogens with zero attached hydrogens (tertiary/aromatic N) is 4. The molecule has 2 aliphatic rings. The van der Waals surface area contributed by atoms with E-state index >= 15 is 0 Å². The van der Waals surface area contributed by atoms with Gasteiger partial charge in [0.05, 0.1) is 10.2 Å². The minimum Gasteiger partial charge on any atom is -0.490 e. The monoisotopic (exact) mass is 524 g/mol. The number of anilines is 2. The maximum atomic E-state index is 13.3. The quantitative estimate of drug-likeness (QED) is 0.536. The van der Waals surface area contributed by atoms with Crippen molar-refractivity contribution in [2.75, 3.05) is 50.4 Å². The van der Waals surface area contributed by atoms with Crippen LogP contribution in [0.15, 0.2) is 35.1 Å². The van der Waals surface area contributed by atoms with Crippen molar-refractivity contribution in [1.82, 2.24) is 19.8 Å². The zero-order valence-corrected chi connectivity index (χ0v) is 19.7. The maximum Gasteiger partial charge on any atom is 0.254 e. The number of amides is 1. The molecule has 8 nitrogen and oxygen atoms in total. The van der Waals surface area contributed by atoms with Crippen molar-refractivity contribution >= 4 is 33.5 Å². The molecule has 1 amide bonds. The molecule has 0 spiro atoms. The molecule has 1 atom stereocenters. The van der Waals surface area contributed by atoms with Crippen molar-refractivity contribution < 1.29 is 18.3 Å². The normalized spacial score (nSPS) is 20.6. The molecule has 0 unspecified atom stereocenters. The second kappa shape index (κ2) is 10.2. The Morgan fingerprint density at radius 3 is 2.70 bits per heavy atom. The molecule has 2 fully saturated rings. The van der Waals surface area contributed by atoms with Crippen LogP contribution in [0.1, 0.15) is 29.6 Å². The molecular weight excluding hydrogens is 498 g/mol. The lowest BCUT2D eigenvalue weighted by Crippen LogP contribution is -2.41. The Hall–Kier alpha value is -2.53. The minimum atomic E-state index is -2.56. The molecular formula is C22H27BrF2N6O2. The van der Waals surface area contributed by atoms with E-state index < -0.39 is 5.92 Å². The summed E-state index contributed by atoms with van der Waals surface area (Å²) in [6.45, 7) is 2.70. The number of ether oxygens (including phenoxy) is 1. The van der Waals surface area contributed by atoms with Gasteiger partial charge >= 0.3 is 0 Å². The number of nitrogen functional groups attached to an aromatic ring is 1. The van der Waals surface area contributed by atoms with Crippen LogP contribution in [0.4, 0.5) is 20.4 Å². The number of nitrogens with two attached hydrogens (primary N) is 1. The zero-order valence-electron chi connectivity index (χ0n) is 18.1. The fourth-order valence-electron chi connectivity index (χ4n) is 4.00. The molecule has 2 saturated heterocycles. The van der Waals surface area contributed by atoms with Crippen molar-refractivity contribution in [3.8, 4) is 5.75 Å². The molecule has 2 aromatic rings. The number of aromatic nitrogens is 2. The third-order valence-electron chi connectivity index (χ3n) is 5.94. The molecule has 178 valence electrons. The van der Waals surface area contributed by atoms with E-state index in [-0.39, 0.29) is 24.8 Å². The maximum absolute atomic E-state index is 13.3. The van der Waals surface area contributed by atoms with Gasteiger partial charge in [0.2, 0.25) is 5.95 Å². The number of hydrogen-bond donors (Lipinski definition) is 2. The lowest BCUT2D eigenvalue weighted by molar-refractivity contribution is -0.0564. The van der Waals surface area contributed by atoms with Gasteiger partial charge in [0, 0.05) is 69.6 Å². The molecule has 33 heavy (non-hydrogen) atoms. The molecule has 0 bridgehead atoms. The van der Waals surface area contributed by atoms with E-state index in [0.29, 0.717) is 62.3 Å². The number of alkyl halides is 2. The minimum absolute atomic E-state index is 0.0662. The SMILES string of the molecule is Nc1ccc(C(=O)N2CC[C@H](Nc3ncc(Br)cn3)C2)cc1OCCN1CCC(F)(F)CC1. The standard InChI is InChI=1S/C22H27BrF2N6O2/c23-16-12-27-21(28-13-16)29-17-3-6-31(14-17)20(32)15-1-2-18(26)19(11-15)33-10-9-30-7-4-22(24,25)5-8-30/h1-2,11-13,17H,3-10,14,26H2,(H,27,28,29)/t17-/m0/s1. The van der Waals surface area contributed by atoms with Crippen LogP contribution in [0.5, 0.6) is 5.75 Å². The summed E-state index contributed by atoms with van der Waals surface area (Å²) in [5.74, 6) is -1.70. The van der Waals surface area contributed by atoms with E-state index in [1.165, 1.54) is 0 Å². The summed E-state index contributed by atoms with van der Waals surface area (Å²) in [4.78, 5) is 25.2. The molecule has 4 rings (SSSR count). The Bertz CT molecular complexity index is 968. The van der Waals surface area contributed by atoms with Crippen molar-refractivity contribution in [2.24, 2.45) is 0 Å². The Kier molecular flexibility index (Phi) is 7.28. The van der Waals surface area contributed by atoms with Crippen LogP contribution >= 0.6 is 15.9 Å². The topological polar surface area (TPSA) is 96.6 Å². The Balaban J connectivity index is 1.29. The fraction of sp³-hybridized carbons (Fsp3) is 0.500. The summed E-state index contributed by atoms with van der Waals surface area (Å²) in [6, 6.07) is 5.07. The number of rotatable bonds is 7. The lowest BCUT2D eigenvalue weighted by atomic mass is 10.1. The molecule has 1 aromatic heterocycles. The van der Waals surface area contributed by atoms with Gasteiger partial charge < -0.3 is 20.7 Å². The highest BCUT2D eigenvalue weighted by molar-refractivity contribution is 9.10. The first-order chi connectivity index (χ1) is 15.8. The number of halogens is 3. The average molecular weight is 525 g/mol. The first kappa shape index (κ1) is 23.6. The summed E-state index contributed by atoms with van der Waals surface area (Å²) >= 11 is 3.31. The Labute approximate surface area is 199 Å². The van der Waals surface area contributed by atoms with Crippen LogP contribution in [0.25, 0.3) is 0 Å². The van der Waals surface area contributed by atoms with Crippen LogP contribution in [0.3, 0.4) is 0 Å². The predicted octanol–water partition coefficient (Wildman–Crippen LogP) is 3.26. The van der Waals surface area contributed by atoms with Crippen LogP contribution in [-0.4, -0.2) is 77.0 Å². The van der Waals surface area contributed by atoms with Crippen molar-refractivity contribution in [1.29, 1.82) is 0 Å². The molecule has 3 heterocycles. The first-order valence-corrected chi connectivity index (χ1v) is 11.7. The van der Waals surface area contributed by atoms with Gasteiger partial charge in [-0.2, -0.15) is 0 Å². The summed E-state index contributed by atoms with van der Waals surface area (Å²) in [5.41, 5.74) is 6.96. The summed E-state index contributed by atoms with van der Waals surface area (Å²) < 4.78 is 33.2. The Morgan fingerprint density at radius 2 is 1.97 bits per heavy atom. The Morgan fingerprint density at radius 1 is 1.24 bits per heavy atom. The van der Waals surface area contributed by atoms with Crippen LogP contribution < -0.4 is 15.8 Å². The zero-order chi connectivity index (χ0) is 23.4. The highest BCUT2D eigenvalue weighted by Gasteiger charge is 2.33. The van der Waals surface area contributed by atoms with E-state index in [1.54, 1.807) is 35.5 Å². The summed E-state index contributed by atoms with van der Waals surface area (Å²) in [7, 11) is 0. The van der Waals surface area contributed by atoms with Crippen molar-refractivity contribution in [2.45, 2.75) is 31.2 Å². The van der Waals surface area contributed by atoms with Crippen LogP contribution in [-0.2, 0) is 0 Å². The molecule has 2 aliphatic heterocycles. The van der Waals surface area contributed by atoms with Gasteiger partial charge in [-0.05, 0) is 40.5 Å². The molecule has 3 N–H and O–H groups in total. The van der Waals surface area contributed by atoms with Crippen LogP contribution in [0, 0.1) is 0 Å².